The van der Waals surface area contributed by atoms with Gasteiger partial charge in [-0.25, -0.2) is 4.79 Å². The van der Waals surface area contributed by atoms with Crippen LogP contribution >= 0.6 is 0 Å². The third-order valence-corrected chi connectivity index (χ3v) is 11.2. The molecule has 0 radical (unpaired) electrons. The highest BCUT2D eigenvalue weighted by Gasteiger charge is 2.30. The van der Waals surface area contributed by atoms with E-state index in [0.29, 0.717) is 36.5 Å². The maximum atomic E-state index is 13.9. The third kappa shape index (κ3) is 11.5. The van der Waals surface area contributed by atoms with E-state index in [1.807, 2.05) is 64.1 Å². The second kappa shape index (κ2) is 18.8. The summed E-state index contributed by atoms with van der Waals surface area (Å²) < 4.78 is 5.37. The Balaban J connectivity index is 1.13. The van der Waals surface area contributed by atoms with Crippen LogP contribution in [0.3, 0.4) is 0 Å². The number of hydrogen-bond acceptors (Lipinski definition) is 9. The predicted octanol–water partition coefficient (Wildman–Crippen LogP) is 5.97. The first-order valence-electron chi connectivity index (χ1n) is 20.3. The summed E-state index contributed by atoms with van der Waals surface area (Å²) in [6, 6.07) is 18.3. The number of benzene rings is 3. The van der Waals surface area contributed by atoms with Crippen LogP contribution in [0.2, 0.25) is 0 Å². The van der Waals surface area contributed by atoms with Crippen LogP contribution in [0.4, 0.5) is 10.5 Å². The van der Waals surface area contributed by atoms with E-state index in [1.54, 1.807) is 24.3 Å². The summed E-state index contributed by atoms with van der Waals surface area (Å²) in [6.07, 6.45) is 4.56. The van der Waals surface area contributed by atoms with E-state index in [2.05, 4.69) is 60.8 Å². The molecule has 1 atom stereocenters. The molecule has 6 rings (SSSR count). The highest BCUT2D eigenvalue weighted by molar-refractivity contribution is 5.98. The molecule has 58 heavy (non-hydrogen) atoms. The molecule has 2 fully saturated rings. The topological polar surface area (TPSA) is 183 Å². The van der Waals surface area contributed by atoms with Gasteiger partial charge in [0.05, 0.1) is 0 Å². The maximum Gasteiger partial charge on any atom is 0.407 e. The molecule has 308 valence electrons. The minimum atomic E-state index is -0.850. The number of tetrazole rings is 1. The number of aromatic amines is 1. The molecule has 3 aromatic carbocycles. The van der Waals surface area contributed by atoms with E-state index in [4.69, 9.17) is 4.74 Å². The predicted molar refractivity (Wildman–Crippen MR) is 223 cm³/mol. The van der Waals surface area contributed by atoms with E-state index in [0.717, 1.165) is 72.2 Å². The van der Waals surface area contributed by atoms with Crippen LogP contribution in [-0.2, 0) is 20.7 Å². The Hall–Kier alpha value is -5.63. The van der Waals surface area contributed by atoms with Crippen molar-refractivity contribution in [3.63, 3.8) is 0 Å². The van der Waals surface area contributed by atoms with Gasteiger partial charge in [-0.2, -0.15) is 5.21 Å². The van der Waals surface area contributed by atoms with E-state index in [-0.39, 0.29) is 42.0 Å². The lowest BCUT2D eigenvalue weighted by atomic mass is 9.81. The molecule has 14 nitrogen and oxygen atoms in total. The molecule has 1 aliphatic carbocycles. The number of alkyl carbamates (subject to hydrolysis) is 1. The Morgan fingerprint density at radius 2 is 1.57 bits per heavy atom. The number of hydrogen-bond donors (Lipinski definition) is 5. The van der Waals surface area contributed by atoms with Gasteiger partial charge in [0.2, 0.25) is 17.6 Å². The Kier molecular flexibility index (Phi) is 13.6. The zero-order chi connectivity index (χ0) is 41.4. The Bertz CT molecular complexity index is 2030. The van der Waals surface area contributed by atoms with Crippen LogP contribution in [0.25, 0.3) is 22.5 Å². The van der Waals surface area contributed by atoms with Crippen LogP contribution in [-0.4, -0.2) is 93.7 Å². The van der Waals surface area contributed by atoms with Crippen molar-refractivity contribution >= 4 is 29.5 Å². The van der Waals surface area contributed by atoms with Crippen molar-refractivity contribution in [3.05, 3.63) is 82.9 Å². The fourth-order valence-corrected chi connectivity index (χ4v) is 7.65. The standard InChI is InChI=1S/C44H57N9O5/c1-27-23-34(41(55)46-36-19-21-53(6)22-20-36)25-37(28(27)2)31-11-7-29(8-12-31)24-38(42(56)47-35-17-15-32(16-18-35)39-49-51-52-50-39)48-40(54)33-13-9-30(10-14-33)26-45-43(57)58-44(3,4)5/h7-8,11-12,15-18,23,25,30,33,36,38H,9-10,13-14,19-22,24,26H2,1-6H3,(H,45,57)(H,46,55)(H,47,56)(H,48,54)(H,49,50,51,52). The molecule has 1 aromatic heterocycles. The lowest BCUT2D eigenvalue weighted by Gasteiger charge is -2.29. The number of H-pyrrole nitrogens is 1. The summed E-state index contributed by atoms with van der Waals surface area (Å²) in [5, 5.41) is 26.2. The van der Waals surface area contributed by atoms with Crippen LogP contribution in [0.1, 0.15) is 86.3 Å². The van der Waals surface area contributed by atoms with Gasteiger partial charge in [0, 0.05) is 41.7 Å². The van der Waals surface area contributed by atoms with Crippen LogP contribution in [0.5, 0.6) is 0 Å². The molecule has 1 aliphatic heterocycles. The minimum Gasteiger partial charge on any atom is -0.444 e. The summed E-state index contributed by atoms with van der Waals surface area (Å²) in [5.41, 5.74) is 6.31. The number of nitrogens with zero attached hydrogens (tertiary/aromatic N) is 4. The molecule has 1 saturated heterocycles. The highest BCUT2D eigenvalue weighted by Crippen LogP contribution is 2.30. The van der Waals surface area contributed by atoms with Gasteiger partial charge in [-0.15, -0.1) is 10.2 Å². The van der Waals surface area contributed by atoms with Gasteiger partial charge in [0.1, 0.15) is 11.6 Å². The fourth-order valence-electron chi connectivity index (χ4n) is 7.65. The second-order valence-electron chi connectivity index (χ2n) is 16.9. The maximum absolute atomic E-state index is 13.9. The molecule has 1 unspecified atom stereocenters. The minimum absolute atomic E-state index is 0.0597. The number of rotatable bonds is 12. The van der Waals surface area contributed by atoms with Crippen LogP contribution in [0.15, 0.2) is 60.7 Å². The molecule has 4 aromatic rings. The number of aromatic nitrogens is 4. The smallest absolute Gasteiger partial charge is 0.407 e. The molecule has 0 bridgehead atoms. The van der Waals surface area contributed by atoms with Crippen molar-refractivity contribution in [2.75, 3.05) is 32.0 Å². The van der Waals surface area contributed by atoms with Gasteiger partial charge in [0.25, 0.3) is 5.91 Å². The number of carbonyl (C=O) groups excluding carboxylic acids is 4. The van der Waals surface area contributed by atoms with Crippen LogP contribution < -0.4 is 21.3 Å². The molecule has 5 N–H and O–H groups in total. The van der Waals surface area contributed by atoms with Crippen molar-refractivity contribution in [1.82, 2.24) is 41.5 Å². The van der Waals surface area contributed by atoms with Gasteiger partial charge in [0.15, 0.2) is 0 Å². The van der Waals surface area contributed by atoms with E-state index in [9.17, 15) is 19.2 Å². The van der Waals surface area contributed by atoms with Crippen molar-refractivity contribution in [2.24, 2.45) is 11.8 Å². The molecular formula is C44H57N9O5. The van der Waals surface area contributed by atoms with E-state index >= 15 is 0 Å². The summed E-state index contributed by atoms with van der Waals surface area (Å²) in [4.78, 5) is 55.5. The average molecular weight is 792 g/mol. The lowest BCUT2D eigenvalue weighted by Crippen LogP contribution is -2.48. The Morgan fingerprint density at radius 3 is 2.21 bits per heavy atom. The number of piperidine rings is 1. The first-order valence-corrected chi connectivity index (χ1v) is 20.3. The number of carbonyl (C=O) groups is 4. The molecule has 2 aliphatic rings. The summed E-state index contributed by atoms with van der Waals surface area (Å²) in [6.45, 7) is 12.0. The molecule has 14 heteroatoms. The van der Waals surface area contributed by atoms with Gasteiger partial charge in [-0.05, 0) is 169 Å². The number of likely N-dealkylation sites (tertiary alicyclic amines) is 1. The first kappa shape index (κ1) is 42.0. The van der Waals surface area contributed by atoms with Gasteiger partial charge >= 0.3 is 6.09 Å². The van der Waals surface area contributed by atoms with Crippen LogP contribution in [0, 0.1) is 25.7 Å². The summed E-state index contributed by atoms with van der Waals surface area (Å²) in [7, 11) is 2.10. The number of ether oxygens (including phenoxy) is 1. The highest BCUT2D eigenvalue weighted by atomic mass is 16.6. The molecule has 2 heterocycles. The van der Waals surface area contributed by atoms with E-state index in [1.165, 1.54) is 0 Å². The van der Waals surface area contributed by atoms with Crippen molar-refractivity contribution in [2.45, 2.75) is 97.2 Å². The third-order valence-electron chi connectivity index (χ3n) is 11.2. The Morgan fingerprint density at radius 1 is 0.897 bits per heavy atom. The van der Waals surface area contributed by atoms with Gasteiger partial charge in [-0.3, -0.25) is 14.4 Å². The van der Waals surface area contributed by atoms with Crippen molar-refractivity contribution < 1.29 is 23.9 Å². The first-order chi connectivity index (χ1) is 27.7. The average Bonchev–Trinajstić information content (AvgIpc) is 3.74. The van der Waals surface area contributed by atoms with Gasteiger partial charge in [-0.1, -0.05) is 24.3 Å². The second-order valence-corrected chi connectivity index (χ2v) is 16.9. The summed E-state index contributed by atoms with van der Waals surface area (Å²) in [5.74, 6) is -0.129. The molecular weight excluding hydrogens is 735 g/mol. The SMILES string of the molecule is Cc1cc(C(=O)NC2CCN(C)CC2)cc(-c2ccc(CC(NC(=O)C3CCC(CNC(=O)OC(C)(C)C)CC3)C(=O)Nc3ccc(-c4nn[nH]n4)cc3)cc2)c1C. The molecule has 4 amide bonds. The Labute approximate surface area is 340 Å². The number of aryl methyl sites for hydroxylation is 1. The largest absolute Gasteiger partial charge is 0.444 e. The zero-order valence-corrected chi connectivity index (χ0v) is 34.5. The quantitative estimate of drug-likeness (QED) is 0.115. The summed E-state index contributed by atoms with van der Waals surface area (Å²) >= 11 is 0. The normalized spacial score (nSPS) is 18.2. The fraction of sp³-hybridized carbons (Fsp3) is 0.477. The number of nitrogens with one attached hydrogen (secondary N) is 5. The lowest BCUT2D eigenvalue weighted by molar-refractivity contribution is -0.130. The van der Waals surface area contributed by atoms with Gasteiger partial charge < -0.3 is 30.9 Å². The molecule has 1 saturated carbocycles. The monoisotopic (exact) mass is 791 g/mol. The van der Waals surface area contributed by atoms with Crippen molar-refractivity contribution in [1.29, 1.82) is 0 Å². The zero-order valence-electron chi connectivity index (χ0n) is 34.5. The number of amides is 4. The van der Waals surface area contributed by atoms with E-state index < -0.39 is 17.7 Å². The molecule has 0 spiro atoms. The number of anilines is 1. The van der Waals surface area contributed by atoms with Crippen molar-refractivity contribution in [3.8, 4) is 22.5 Å².